The van der Waals surface area contributed by atoms with Crippen LogP contribution in [-0.2, 0) is 17.9 Å². The lowest BCUT2D eigenvalue weighted by atomic mass is 10.1. The molecule has 1 rings (SSSR count). The van der Waals surface area contributed by atoms with Gasteiger partial charge in [-0.05, 0) is 23.5 Å². The minimum Gasteiger partial charge on any atom is -0.377 e. The lowest BCUT2D eigenvalue weighted by Crippen LogP contribution is -2.38. The molecule has 0 radical (unpaired) electrons. The van der Waals surface area contributed by atoms with Gasteiger partial charge in [0, 0.05) is 26.7 Å². The van der Waals surface area contributed by atoms with Gasteiger partial charge < -0.3 is 15.4 Å². The Hall–Kier alpha value is -1.55. The molecule has 0 amide bonds. The normalized spacial score (nSPS) is 11.8. The molecule has 0 spiro atoms. The summed E-state index contributed by atoms with van der Waals surface area (Å²) in [6.45, 7) is 9.63. The first-order chi connectivity index (χ1) is 10.2. The largest absolute Gasteiger partial charge is 0.377 e. The first kappa shape index (κ1) is 17.5. The molecular formula is C17H29N3O. The van der Waals surface area contributed by atoms with Gasteiger partial charge >= 0.3 is 0 Å². The third-order valence-corrected chi connectivity index (χ3v) is 3.07. The van der Waals surface area contributed by atoms with Crippen molar-refractivity contribution in [2.24, 2.45) is 10.9 Å². The number of aliphatic imine (C=N–C) groups is 1. The van der Waals surface area contributed by atoms with E-state index in [2.05, 4.69) is 60.7 Å². The molecule has 0 saturated heterocycles. The van der Waals surface area contributed by atoms with Crippen LogP contribution in [0, 0.1) is 5.92 Å². The smallest absolute Gasteiger partial charge is 0.191 e. The van der Waals surface area contributed by atoms with E-state index in [4.69, 9.17) is 4.74 Å². The minimum absolute atomic E-state index is 0.596. The van der Waals surface area contributed by atoms with E-state index < -0.39 is 0 Å². The summed E-state index contributed by atoms with van der Waals surface area (Å²) in [6.07, 6.45) is 1.05. The SMILES string of the molecule is CCCOCc1ccccc1CNC(=NC)NCC(C)C. The lowest BCUT2D eigenvalue weighted by Gasteiger charge is -2.15. The van der Waals surface area contributed by atoms with Crippen LogP contribution in [0.15, 0.2) is 29.3 Å². The van der Waals surface area contributed by atoms with Crippen molar-refractivity contribution in [2.75, 3.05) is 20.2 Å². The average molecular weight is 291 g/mol. The number of hydrogen-bond acceptors (Lipinski definition) is 2. The van der Waals surface area contributed by atoms with Crippen molar-refractivity contribution in [3.05, 3.63) is 35.4 Å². The zero-order valence-corrected chi connectivity index (χ0v) is 13.8. The van der Waals surface area contributed by atoms with Gasteiger partial charge in [0.15, 0.2) is 5.96 Å². The number of benzene rings is 1. The molecule has 4 nitrogen and oxygen atoms in total. The second kappa shape index (κ2) is 10.2. The molecular weight excluding hydrogens is 262 g/mol. The Kier molecular flexibility index (Phi) is 8.51. The van der Waals surface area contributed by atoms with E-state index in [0.717, 1.165) is 32.1 Å². The summed E-state index contributed by atoms with van der Waals surface area (Å²) in [5, 5.41) is 6.67. The van der Waals surface area contributed by atoms with Crippen LogP contribution in [0.4, 0.5) is 0 Å². The van der Waals surface area contributed by atoms with Crippen molar-refractivity contribution >= 4 is 5.96 Å². The molecule has 21 heavy (non-hydrogen) atoms. The van der Waals surface area contributed by atoms with Gasteiger partial charge in [-0.2, -0.15) is 0 Å². The average Bonchev–Trinajstić information content (AvgIpc) is 2.48. The summed E-state index contributed by atoms with van der Waals surface area (Å²) >= 11 is 0. The van der Waals surface area contributed by atoms with Crippen LogP contribution in [0.25, 0.3) is 0 Å². The molecule has 2 N–H and O–H groups in total. The van der Waals surface area contributed by atoms with Crippen molar-refractivity contribution in [3.8, 4) is 0 Å². The van der Waals surface area contributed by atoms with E-state index in [1.165, 1.54) is 11.1 Å². The van der Waals surface area contributed by atoms with E-state index in [1.54, 1.807) is 7.05 Å². The Morgan fingerprint density at radius 1 is 1.19 bits per heavy atom. The van der Waals surface area contributed by atoms with Gasteiger partial charge in [-0.3, -0.25) is 4.99 Å². The number of nitrogens with zero attached hydrogens (tertiary/aromatic N) is 1. The summed E-state index contributed by atoms with van der Waals surface area (Å²) in [5.41, 5.74) is 2.49. The number of ether oxygens (including phenoxy) is 1. The Bertz CT molecular complexity index is 430. The molecule has 0 heterocycles. The first-order valence-corrected chi connectivity index (χ1v) is 7.76. The Morgan fingerprint density at radius 2 is 1.90 bits per heavy atom. The van der Waals surface area contributed by atoms with E-state index >= 15 is 0 Å². The molecule has 0 aliphatic rings. The summed E-state index contributed by atoms with van der Waals surface area (Å²) in [4.78, 5) is 4.24. The fraction of sp³-hybridized carbons (Fsp3) is 0.588. The number of guanidine groups is 1. The minimum atomic E-state index is 0.596. The van der Waals surface area contributed by atoms with Gasteiger partial charge in [0.1, 0.15) is 0 Å². The summed E-state index contributed by atoms with van der Waals surface area (Å²) in [5.74, 6) is 1.44. The Morgan fingerprint density at radius 3 is 2.52 bits per heavy atom. The molecule has 0 unspecified atom stereocenters. The van der Waals surface area contributed by atoms with Gasteiger partial charge in [-0.1, -0.05) is 45.0 Å². The van der Waals surface area contributed by atoms with Crippen molar-refractivity contribution < 1.29 is 4.74 Å². The van der Waals surface area contributed by atoms with Crippen LogP contribution >= 0.6 is 0 Å². The molecule has 0 fully saturated rings. The van der Waals surface area contributed by atoms with Crippen LogP contribution in [0.1, 0.15) is 38.3 Å². The molecule has 4 heteroatoms. The highest BCUT2D eigenvalue weighted by Crippen LogP contribution is 2.10. The molecule has 0 atom stereocenters. The van der Waals surface area contributed by atoms with Crippen molar-refractivity contribution in [3.63, 3.8) is 0 Å². The summed E-state index contributed by atoms with van der Waals surface area (Å²) < 4.78 is 5.65. The maximum Gasteiger partial charge on any atom is 0.191 e. The van der Waals surface area contributed by atoms with Crippen LogP contribution in [0.2, 0.25) is 0 Å². The van der Waals surface area contributed by atoms with E-state index in [-0.39, 0.29) is 0 Å². The molecule has 0 aliphatic carbocycles. The van der Waals surface area contributed by atoms with Crippen LogP contribution in [0.3, 0.4) is 0 Å². The molecule has 1 aromatic rings. The molecule has 0 bridgehead atoms. The van der Waals surface area contributed by atoms with Crippen molar-refractivity contribution in [2.45, 2.75) is 40.3 Å². The zero-order valence-electron chi connectivity index (χ0n) is 13.8. The number of nitrogens with one attached hydrogen (secondary N) is 2. The monoisotopic (exact) mass is 291 g/mol. The van der Waals surface area contributed by atoms with Crippen LogP contribution in [0.5, 0.6) is 0 Å². The maximum atomic E-state index is 5.65. The van der Waals surface area contributed by atoms with Gasteiger partial charge in [-0.15, -0.1) is 0 Å². The summed E-state index contributed by atoms with van der Waals surface area (Å²) in [6, 6.07) is 8.37. The Balaban J connectivity index is 2.53. The fourth-order valence-electron chi connectivity index (χ4n) is 1.90. The van der Waals surface area contributed by atoms with Gasteiger partial charge in [-0.25, -0.2) is 0 Å². The van der Waals surface area contributed by atoms with Crippen molar-refractivity contribution in [1.29, 1.82) is 0 Å². The molecule has 0 saturated carbocycles. The van der Waals surface area contributed by atoms with Crippen LogP contribution < -0.4 is 10.6 Å². The van der Waals surface area contributed by atoms with Gasteiger partial charge in [0.05, 0.1) is 6.61 Å². The molecule has 0 aliphatic heterocycles. The second-order valence-electron chi connectivity index (χ2n) is 5.52. The quantitative estimate of drug-likeness (QED) is 0.440. The topological polar surface area (TPSA) is 45.6 Å². The summed E-state index contributed by atoms with van der Waals surface area (Å²) in [7, 11) is 1.80. The van der Waals surface area contributed by atoms with Gasteiger partial charge in [0.25, 0.3) is 0 Å². The third-order valence-electron chi connectivity index (χ3n) is 3.07. The second-order valence-corrected chi connectivity index (χ2v) is 5.52. The number of rotatable bonds is 8. The highest BCUT2D eigenvalue weighted by molar-refractivity contribution is 5.79. The predicted molar refractivity (Wildman–Crippen MR) is 89.4 cm³/mol. The lowest BCUT2D eigenvalue weighted by molar-refractivity contribution is 0.121. The highest BCUT2D eigenvalue weighted by atomic mass is 16.5. The maximum absolute atomic E-state index is 5.65. The van der Waals surface area contributed by atoms with Gasteiger partial charge in [0.2, 0.25) is 0 Å². The van der Waals surface area contributed by atoms with E-state index in [1.807, 2.05) is 0 Å². The van der Waals surface area contributed by atoms with E-state index in [9.17, 15) is 0 Å². The molecule has 1 aromatic carbocycles. The molecule has 118 valence electrons. The first-order valence-electron chi connectivity index (χ1n) is 7.76. The third kappa shape index (κ3) is 7.14. The Labute approximate surface area is 129 Å². The van der Waals surface area contributed by atoms with E-state index in [0.29, 0.717) is 12.5 Å². The molecule has 0 aromatic heterocycles. The zero-order chi connectivity index (χ0) is 15.5. The standard InChI is InChI=1S/C17H29N3O/c1-5-10-21-13-16-9-7-6-8-15(16)12-20-17(18-4)19-11-14(2)3/h6-9,14H,5,10-13H2,1-4H3,(H2,18,19,20). The predicted octanol–water partition coefficient (Wildman–Crippen LogP) is 2.93. The van der Waals surface area contributed by atoms with Crippen molar-refractivity contribution in [1.82, 2.24) is 10.6 Å². The van der Waals surface area contributed by atoms with Crippen LogP contribution in [-0.4, -0.2) is 26.2 Å². The number of hydrogen-bond donors (Lipinski definition) is 2. The highest BCUT2D eigenvalue weighted by Gasteiger charge is 2.04. The fourth-order valence-corrected chi connectivity index (χ4v) is 1.90.